The summed E-state index contributed by atoms with van der Waals surface area (Å²) in [5.41, 5.74) is 6.56. The molecular weight excluding hydrogens is 248 g/mol. The zero-order chi connectivity index (χ0) is 13.2. The average Bonchev–Trinajstić information content (AvgIpc) is 2.78. The van der Waals surface area contributed by atoms with Crippen molar-refractivity contribution in [2.75, 3.05) is 12.8 Å². The van der Waals surface area contributed by atoms with Crippen LogP contribution in [-0.4, -0.2) is 34.2 Å². The van der Waals surface area contributed by atoms with E-state index in [4.69, 9.17) is 5.73 Å². The van der Waals surface area contributed by atoms with Gasteiger partial charge in [0.05, 0.1) is 11.0 Å². The Labute approximate surface area is 110 Å². The van der Waals surface area contributed by atoms with Crippen molar-refractivity contribution in [2.24, 2.45) is 5.73 Å². The molecule has 6 heteroatoms. The number of hydrogen-bond donors (Lipinski definition) is 3. The van der Waals surface area contributed by atoms with Crippen molar-refractivity contribution < 1.29 is 4.79 Å². The van der Waals surface area contributed by atoms with E-state index in [-0.39, 0.29) is 5.91 Å². The standard InChI is InChI=1S/C12H16N4OS/c1-12(14-2,10(13)17)7-18-11-15-8-5-3-4-6-9(8)16-11/h3-6,14H,7H2,1-2H3,(H2,13,17)(H,15,16). The number of amides is 1. The third kappa shape index (κ3) is 2.49. The number of thioether (sulfide) groups is 1. The monoisotopic (exact) mass is 264 g/mol. The summed E-state index contributed by atoms with van der Waals surface area (Å²) < 4.78 is 0. The van der Waals surface area contributed by atoms with Gasteiger partial charge < -0.3 is 16.0 Å². The fourth-order valence-electron chi connectivity index (χ4n) is 1.48. The van der Waals surface area contributed by atoms with Gasteiger partial charge in [-0.05, 0) is 26.1 Å². The number of rotatable bonds is 5. The van der Waals surface area contributed by atoms with Gasteiger partial charge in [0.15, 0.2) is 5.16 Å². The zero-order valence-electron chi connectivity index (χ0n) is 10.4. The van der Waals surface area contributed by atoms with Crippen LogP contribution in [0, 0.1) is 0 Å². The number of primary amides is 1. The van der Waals surface area contributed by atoms with Crippen molar-refractivity contribution in [2.45, 2.75) is 17.6 Å². The highest BCUT2D eigenvalue weighted by Gasteiger charge is 2.29. The second-order valence-electron chi connectivity index (χ2n) is 4.29. The molecule has 5 nitrogen and oxygen atoms in total. The number of likely N-dealkylation sites (N-methyl/N-ethyl adjacent to an activating group) is 1. The number of hydrogen-bond acceptors (Lipinski definition) is 4. The van der Waals surface area contributed by atoms with E-state index in [1.54, 1.807) is 14.0 Å². The Morgan fingerprint density at radius 3 is 2.89 bits per heavy atom. The molecule has 1 atom stereocenters. The summed E-state index contributed by atoms with van der Waals surface area (Å²) in [4.78, 5) is 19.0. The van der Waals surface area contributed by atoms with Crippen molar-refractivity contribution in [3.05, 3.63) is 24.3 Å². The van der Waals surface area contributed by atoms with Crippen LogP contribution in [0.4, 0.5) is 0 Å². The molecule has 0 saturated carbocycles. The zero-order valence-corrected chi connectivity index (χ0v) is 11.2. The van der Waals surface area contributed by atoms with Gasteiger partial charge in [0, 0.05) is 5.75 Å². The molecule has 1 heterocycles. The fraction of sp³-hybridized carbons (Fsp3) is 0.333. The number of aromatic nitrogens is 2. The van der Waals surface area contributed by atoms with Gasteiger partial charge in [-0.15, -0.1) is 0 Å². The second-order valence-corrected chi connectivity index (χ2v) is 5.26. The molecule has 2 rings (SSSR count). The molecule has 2 aromatic rings. The smallest absolute Gasteiger partial charge is 0.238 e. The van der Waals surface area contributed by atoms with Crippen LogP contribution in [-0.2, 0) is 4.79 Å². The summed E-state index contributed by atoms with van der Waals surface area (Å²) in [5.74, 6) is 0.159. The molecule has 0 aliphatic heterocycles. The number of nitrogens with zero attached hydrogens (tertiary/aromatic N) is 1. The van der Waals surface area contributed by atoms with Gasteiger partial charge >= 0.3 is 0 Å². The summed E-state index contributed by atoms with van der Waals surface area (Å²) in [7, 11) is 1.73. The van der Waals surface area contributed by atoms with Gasteiger partial charge in [0.1, 0.15) is 5.54 Å². The van der Waals surface area contributed by atoms with Crippen LogP contribution in [0.5, 0.6) is 0 Å². The van der Waals surface area contributed by atoms with E-state index in [0.29, 0.717) is 5.75 Å². The van der Waals surface area contributed by atoms with Crippen LogP contribution in [0.15, 0.2) is 29.4 Å². The SMILES string of the molecule is CNC(C)(CSc1nc2ccccc2[nH]1)C(N)=O. The topological polar surface area (TPSA) is 83.8 Å². The minimum atomic E-state index is -0.732. The molecule has 0 fully saturated rings. The number of imidazole rings is 1. The Morgan fingerprint density at radius 2 is 2.28 bits per heavy atom. The molecule has 1 aromatic heterocycles. The van der Waals surface area contributed by atoms with E-state index in [9.17, 15) is 4.79 Å². The number of nitrogens with two attached hydrogens (primary N) is 1. The maximum Gasteiger partial charge on any atom is 0.238 e. The minimum absolute atomic E-state index is 0.367. The van der Waals surface area contributed by atoms with E-state index in [1.165, 1.54) is 11.8 Å². The quantitative estimate of drug-likeness (QED) is 0.707. The third-order valence-electron chi connectivity index (χ3n) is 2.96. The first-order valence-corrected chi connectivity index (χ1v) is 6.60. The van der Waals surface area contributed by atoms with Gasteiger partial charge in [-0.2, -0.15) is 0 Å². The fourth-order valence-corrected chi connectivity index (χ4v) is 2.53. The lowest BCUT2D eigenvalue weighted by atomic mass is 10.1. The summed E-state index contributed by atoms with van der Waals surface area (Å²) in [6.45, 7) is 1.78. The lowest BCUT2D eigenvalue weighted by Gasteiger charge is -2.24. The molecule has 0 aliphatic rings. The van der Waals surface area contributed by atoms with Gasteiger partial charge in [-0.3, -0.25) is 4.79 Å². The third-order valence-corrected chi connectivity index (χ3v) is 4.15. The molecule has 1 aromatic carbocycles. The Morgan fingerprint density at radius 1 is 1.56 bits per heavy atom. The Hall–Kier alpha value is -1.53. The predicted octanol–water partition coefficient (Wildman–Crippen LogP) is 1.12. The summed E-state index contributed by atoms with van der Waals surface area (Å²) >= 11 is 1.48. The van der Waals surface area contributed by atoms with Crippen LogP contribution >= 0.6 is 11.8 Å². The molecular formula is C12H16N4OS. The normalized spacial score (nSPS) is 14.6. The average molecular weight is 264 g/mol. The molecule has 0 radical (unpaired) electrons. The molecule has 0 saturated heterocycles. The van der Waals surface area contributed by atoms with E-state index >= 15 is 0 Å². The van der Waals surface area contributed by atoms with Crippen molar-refractivity contribution >= 4 is 28.7 Å². The maximum atomic E-state index is 11.4. The van der Waals surface area contributed by atoms with E-state index in [0.717, 1.165) is 16.2 Å². The number of para-hydroxylation sites is 2. The Kier molecular flexibility index (Phi) is 3.58. The van der Waals surface area contributed by atoms with E-state index < -0.39 is 5.54 Å². The van der Waals surface area contributed by atoms with Crippen molar-refractivity contribution in [1.82, 2.24) is 15.3 Å². The predicted molar refractivity (Wildman–Crippen MR) is 73.5 cm³/mol. The van der Waals surface area contributed by atoms with Gasteiger partial charge in [-0.25, -0.2) is 4.98 Å². The molecule has 1 unspecified atom stereocenters. The van der Waals surface area contributed by atoms with Crippen LogP contribution in [0.25, 0.3) is 11.0 Å². The van der Waals surface area contributed by atoms with Crippen LogP contribution in [0.2, 0.25) is 0 Å². The first kappa shape index (κ1) is 12.9. The number of fused-ring (bicyclic) bond motifs is 1. The largest absolute Gasteiger partial charge is 0.368 e. The number of nitrogens with one attached hydrogen (secondary N) is 2. The van der Waals surface area contributed by atoms with Crippen molar-refractivity contribution in [3.63, 3.8) is 0 Å². The lowest BCUT2D eigenvalue weighted by Crippen LogP contribution is -2.53. The van der Waals surface area contributed by atoms with Gasteiger partial charge in [0.2, 0.25) is 5.91 Å². The molecule has 18 heavy (non-hydrogen) atoms. The highest BCUT2D eigenvalue weighted by molar-refractivity contribution is 7.99. The van der Waals surface area contributed by atoms with E-state index in [1.807, 2.05) is 24.3 Å². The Balaban J connectivity index is 2.12. The van der Waals surface area contributed by atoms with Crippen molar-refractivity contribution in [3.8, 4) is 0 Å². The number of carbonyl (C=O) groups is 1. The summed E-state index contributed by atoms with van der Waals surface area (Å²) in [5, 5.41) is 3.74. The first-order chi connectivity index (χ1) is 8.55. The first-order valence-electron chi connectivity index (χ1n) is 5.61. The minimum Gasteiger partial charge on any atom is -0.368 e. The maximum absolute atomic E-state index is 11.4. The van der Waals surface area contributed by atoms with Gasteiger partial charge in [-0.1, -0.05) is 23.9 Å². The Bertz CT molecular complexity index is 535. The summed E-state index contributed by atoms with van der Waals surface area (Å²) in [6, 6.07) is 7.81. The number of aromatic amines is 1. The molecule has 0 spiro atoms. The number of benzene rings is 1. The number of H-pyrrole nitrogens is 1. The molecule has 1 amide bonds. The van der Waals surface area contributed by atoms with Gasteiger partial charge in [0.25, 0.3) is 0 Å². The molecule has 0 bridgehead atoms. The second kappa shape index (κ2) is 4.99. The van der Waals surface area contributed by atoms with Crippen LogP contribution < -0.4 is 11.1 Å². The van der Waals surface area contributed by atoms with Crippen LogP contribution in [0.1, 0.15) is 6.92 Å². The van der Waals surface area contributed by atoms with Crippen molar-refractivity contribution in [1.29, 1.82) is 0 Å². The molecule has 4 N–H and O–H groups in total. The highest BCUT2D eigenvalue weighted by Crippen LogP contribution is 2.22. The highest BCUT2D eigenvalue weighted by atomic mass is 32.2. The molecule has 0 aliphatic carbocycles. The van der Waals surface area contributed by atoms with Crippen LogP contribution in [0.3, 0.4) is 0 Å². The number of carbonyl (C=O) groups excluding carboxylic acids is 1. The lowest BCUT2D eigenvalue weighted by molar-refractivity contribution is -0.122. The molecule has 96 valence electrons. The van der Waals surface area contributed by atoms with E-state index in [2.05, 4.69) is 15.3 Å². The summed E-state index contributed by atoms with van der Waals surface area (Å²) in [6.07, 6.45) is 0.